The van der Waals surface area contributed by atoms with E-state index in [-0.39, 0.29) is 11.4 Å². The normalized spacial score (nSPS) is 11.6. The van der Waals surface area contributed by atoms with Crippen LogP contribution in [0.5, 0.6) is 0 Å². The number of aromatic nitrogens is 3. The second-order valence-corrected chi connectivity index (χ2v) is 7.23. The second kappa shape index (κ2) is 8.20. The van der Waals surface area contributed by atoms with Crippen LogP contribution in [0, 0.1) is 5.82 Å². The van der Waals surface area contributed by atoms with Gasteiger partial charge in [0.25, 0.3) is 0 Å². The van der Waals surface area contributed by atoms with Crippen molar-refractivity contribution in [2.75, 3.05) is 0 Å². The predicted octanol–water partition coefficient (Wildman–Crippen LogP) is 5.15. The number of halogens is 1. The summed E-state index contributed by atoms with van der Waals surface area (Å²) in [5.41, 5.74) is 3.12. The van der Waals surface area contributed by atoms with E-state index < -0.39 is 5.97 Å². The Labute approximate surface area is 170 Å². The number of allylic oxidation sites excluding steroid dienone is 1. The molecule has 0 fully saturated rings. The first-order valence-electron chi connectivity index (χ1n) is 8.82. The summed E-state index contributed by atoms with van der Waals surface area (Å²) in [6, 6.07) is 10.9. The van der Waals surface area contributed by atoms with E-state index in [9.17, 15) is 14.3 Å². The Bertz CT molecular complexity index is 1150. The Balaban J connectivity index is 1.79. The topological polar surface area (TPSA) is 78.9 Å². The van der Waals surface area contributed by atoms with Crippen molar-refractivity contribution in [3.8, 4) is 11.1 Å². The van der Waals surface area contributed by atoms with E-state index in [1.807, 2.05) is 11.5 Å². The number of carbonyl (C=O) groups is 1. The molecule has 0 amide bonds. The van der Waals surface area contributed by atoms with Gasteiger partial charge >= 0.3 is 5.97 Å². The van der Waals surface area contributed by atoms with E-state index in [0.29, 0.717) is 17.5 Å². The molecule has 4 aromatic rings. The minimum Gasteiger partial charge on any atom is -0.478 e. The van der Waals surface area contributed by atoms with E-state index in [0.717, 1.165) is 22.0 Å². The number of aromatic carboxylic acids is 1. The smallest absolute Gasteiger partial charge is 0.336 e. The molecule has 0 spiro atoms. The van der Waals surface area contributed by atoms with Crippen LogP contribution in [0.1, 0.15) is 26.8 Å². The quantitative estimate of drug-likeness (QED) is 0.465. The largest absolute Gasteiger partial charge is 0.478 e. The predicted molar refractivity (Wildman–Crippen MR) is 111 cm³/mol. The number of nitrogens with one attached hydrogen (secondary N) is 1. The van der Waals surface area contributed by atoms with Crippen molar-refractivity contribution in [2.24, 2.45) is 0 Å². The zero-order valence-electron chi connectivity index (χ0n) is 15.2. The average Bonchev–Trinajstić information content (AvgIpc) is 3.42. The van der Waals surface area contributed by atoms with Gasteiger partial charge in [-0.15, -0.1) is 11.3 Å². The van der Waals surface area contributed by atoms with Crippen LogP contribution in [0.2, 0.25) is 0 Å². The Morgan fingerprint density at radius 3 is 2.62 bits per heavy atom. The van der Waals surface area contributed by atoms with Crippen molar-refractivity contribution < 1.29 is 14.3 Å². The standard InChI is InChI=1S/C22H16FN3O2S/c23-17-4-2-15(3-5-17)19-12-14(1-6-18(19)22(27)28)11-16(21-26-9-10-29-21)13-20-24-7-8-25-20/h1-12H,13H2,(H,24,25)(H,27,28). The minimum absolute atomic E-state index is 0.163. The van der Waals surface area contributed by atoms with Gasteiger partial charge in [0.05, 0.1) is 5.56 Å². The van der Waals surface area contributed by atoms with Crippen molar-refractivity contribution in [2.45, 2.75) is 6.42 Å². The van der Waals surface area contributed by atoms with Crippen LogP contribution in [0.15, 0.2) is 66.4 Å². The number of thiazole rings is 1. The van der Waals surface area contributed by atoms with Crippen LogP contribution in [-0.2, 0) is 6.42 Å². The summed E-state index contributed by atoms with van der Waals surface area (Å²) in [4.78, 5) is 23.5. The van der Waals surface area contributed by atoms with Crippen LogP contribution >= 0.6 is 11.3 Å². The third kappa shape index (κ3) is 4.30. The van der Waals surface area contributed by atoms with Crippen molar-refractivity contribution in [3.63, 3.8) is 0 Å². The first-order chi connectivity index (χ1) is 14.1. The molecule has 0 bridgehead atoms. The lowest BCUT2D eigenvalue weighted by atomic mass is 9.96. The first kappa shape index (κ1) is 18.8. The van der Waals surface area contributed by atoms with Crippen LogP contribution in [-0.4, -0.2) is 26.0 Å². The van der Waals surface area contributed by atoms with Gasteiger partial charge in [0.15, 0.2) is 0 Å². The summed E-state index contributed by atoms with van der Waals surface area (Å²) in [5.74, 6) is -0.589. The van der Waals surface area contributed by atoms with Crippen LogP contribution in [0.4, 0.5) is 4.39 Å². The van der Waals surface area contributed by atoms with Gasteiger partial charge in [0.1, 0.15) is 16.6 Å². The molecule has 2 N–H and O–H groups in total. The highest BCUT2D eigenvalue weighted by Crippen LogP contribution is 2.29. The lowest BCUT2D eigenvalue weighted by Crippen LogP contribution is -2.00. The summed E-state index contributed by atoms with van der Waals surface area (Å²) in [6.07, 6.45) is 7.74. The van der Waals surface area contributed by atoms with Gasteiger partial charge in [-0.25, -0.2) is 19.2 Å². The van der Waals surface area contributed by atoms with Crippen molar-refractivity contribution >= 4 is 29.0 Å². The Kier molecular flexibility index (Phi) is 5.31. The zero-order chi connectivity index (χ0) is 20.2. The van der Waals surface area contributed by atoms with Crippen molar-refractivity contribution in [3.05, 3.63) is 94.2 Å². The molecule has 144 valence electrons. The number of hydrogen-bond acceptors (Lipinski definition) is 4. The SMILES string of the molecule is O=C(O)c1ccc(C=C(Cc2ncc[nH]2)c2nccs2)cc1-c1ccc(F)cc1. The third-order valence-corrected chi connectivity index (χ3v) is 5.24. The van der Waals surface area contributed by atoms with Gasteiger partial charge < -0.3 is 10.1 Å². The number of H-pyrrole nitrogens is 1. The maximum atomic E-state index is 13.3. The zero-order valence-corrected chi connectivity index (χ0v) is 16.0. The van der Waals surface area contributed by atoms with Gasteiger partial charge in [-0.2, -0.15) is 0 Å². The van der Waals surface area contributed by atoms with Gasteiger partial charge in [-0.05, 0) is 52.6 Å². The maximum Gasteiger partial charge on any atom is 0.336 e. The van der Waals surface area contributed by atoms with Crippen LogP contribution in [0.3, 0.4) is 0 Å². The average molecular weight is 405 g/mol. The van der Waals surface area contributed by atoms with Crippen molar-refractivity contribution in [1.29, 1.82) is 0 Å². The molecule has 0 aliphatic carbocycles. The van der Waals surface area contributed by atoms with E-state index in [4.69, 9.17) is 0 Å². The molecule has 0 saturated heterocycles. The molecule has 2 heterocycles. The number of nitrogens with zero attached hydrogens (tertiary/aromatic N) is 2. The molecule has 0 saturated carbocycles. The van der Waals surface area contributed by atoms with Gasteiger partial charge in [-0.1, -0.05) is 18.2 Å². The number of imidazole rings is 1. The van der Waals surface area contributed by atoms with Crippen LogP contribution < -0.4 is 0 Å². The summed E-state index contributed by atoms with van der Waals surface area (Å²) in [5, 5.41) is 12.3. The number of hydrogen-bond donors (Lipinski definition) is 2. The number of carboxylic acid groups (broad SMARTS) is 1. The molecule has 0 atom stereocenters. The first-order valence-corrected chi connectivity index (χ1v) is 9.70. The molecule has 29 heavy (non-hydrogen) atoms. The number of benzene rings is 2. The summed E-state index contributed by atoms with van der Waals surface area (Å²) in [7, 11) is 0. The number of rotatable bonds is 6. The molecule has 0 radical (unpaired) electrons. The Morgan fingerprint density at radius 2 is 1.97 bits per heavy atom. The molecule has 0 aliphatic heterocycles. The summed E-state index contributed by atoms with van der Waals surface area (Å²) < 4.78 is 13.3. The lowest BCUT2D eigenvalue weighted by Gasteiger charge is -2.09. The molecule has 2 aromatic heterocycles. The molecular formula is C22H16FN3O2S. The Hall–Kier alpha value is -3.58. The van der Waals surface area contributed by atoms with Gasteiger partial charge in [0, 0.05) is 30.4 Å². The number of carboxylic acids is 1. The molecule has 0 unspecified atom stereocenters. The van der Waals surface area contributed by atoms with E-state index in [2.05, 4.69) is 15.0 Å². The fraction of sp³-hybridized carbons (Fsp3) is 0.0455. The monoisotopic (exact) mass is 405 g/mol. The highest BCUT2D eigenvalue weighted by molar-refractivity contribution is 7.10. The van der Waals surface area contributed by atoms with Gasteiger partial charge in [0.2, 0.25) is 0 Å². The van der Waals surface area contributed by atoms with Crippen molar-refractivity contribution in [1.82, 2.24) is 15.0 Å². The van der Waals surface area contributed by atoms with E-state index in [1.54, 1.807) is 48.9 Å². The lowest BCUT2D eigenvalue weighted by molar-refractivity contribution is 0.0697. The highest BCUT2D eigenvalue weighted by atomic mass is 32.1. The second-order valence-electron chi connectivity index (χ2n) is 6.34. The van der Waals surface area contributed by atoms with Gasteiger partial charge in [-0.3, -0.25) is 0 Å². The van der Waals surface area contributed by atoms with E-state index in [1.165, 1.54) is 23.5 Å². The third-order valence-electron chi connectivity index (χ3n) is 4.39. The van der Waals surface area contributed by atoms with E-state index >= 15 is 0 Å². The molecule has 7 heteroatoms. The molecule has 4 rings (SSSR count). The molecule has 2 aromatic carbocycles. The summed E-state index contributed by atoms with van der Waals surface area (Å²) in [6.45, 7) is 0. The molecule has 5 nitrogen and oxygen atoms in total. The number of aromatic amines is 1. The fourth-order valence-electron chi connectivity index (χ4n) is 3.05. The summed E-state index contributed by atoms with van der Waals surface area (Å²) >= 11 is 1.53. The molecule has 0 aliphatic rings. The minimum atomic E-state index is -1.03. The Morgan fingerprint density at radius 1 is 1.14 bits per heavy atom. The fourth-order valence-corrected chi connectivity index (χ4v) is 3.71. The highest BCUT2D eigenvalue weighted by Gasteiger charge is 2.14. The van der Waals surface area contributed by atoms with Crippen LogP contribution in [0.25, 0.3) is 22.8 Å². The molecular weight excluding hydrogens is 389 g/mol. The maximum absolute atomic E-state index is 13.3.